The number of carbonyl (C=O) groups is 2. The highest BCUT2D eigenvalue weighted by molar-refractivity contribution is 7.99. The molecule has 2 aromatic rings. The van der Waals surface area contributed by atoms with Gasteiger partial charge in [-0.05, 0) is 61.4 Å². The summed E-state index contributed by atoms with van der Waals surface area (Å²) in [5.74, 6) is -0.0592. The number of benzene rings is 2. The molecule has 136 valence electrons. The molecule has 0 radical (unpaired) electrons. The molecule has 3 rings (SSSR count). The maximum absolute atomic E-state index is 12.2. The van der Waals surface area contributed by atoms with Crippen LogP contribution in [0, 0.1) is 13.8 Å². The van der Waals surface area contributed by atoms with E-state index in [1.807, 2.05) is 24.3 Å². The van der Waals surface area contributed by atoms with Crippen LogP contribution < -0.4 is 15.5 Å². The molecule has 0 aliphatic carbocycles. The minimum Gasteiger partial charge on any atom is -0.346 e. The Kier molecular flexibility index (Phi) is 5.96. The lowest BCUT2D eigenvalue weighted by atomic mass is 10.1. The highest BCUT2D eigenvalue weighted by Gasteiger charge is 2.22. The topological polar surface area (TPSA) is 62.6 Å². The minimum atomic E-state index is -0.0655. The molecule has 1 aliphatic heterocycles. The zero-order valence-corrected chi connectivity index (χ0v) is 15.9. The molecule has 1 heterocycles. The standard InChI is InChI=1S/C20H23N3O2S/c1-14-3-6-18(11-15(14)2)26-17-7-4-16(5-8-17)22-20(25)13-23-10-9-21-19(24)12-23/h3-8,11H,9-10,12-13H2,1-2H3,(H,21,24)(H,22,25)/p+1. The first-order valence-electron chi connectivity index (χ1n) is 8.75. The van der Waals surface area contributed by atoms with Crippen molar-refractivity contribution in [2.45, 2.75) is 23.6 Å². The van der Waals surface area contributed by atoms with Crippen LogP contribution in [0.15, 0.2) is 52.3 Å². The summed E-state index contributed by atoms with van der Waals surface area (Å²) >= 11 is 1.71. The highest BCUT2D eigenvalue weighted by Crippen LogP contribution is 2.29. The summed E-state index contributed by atoms with van der Waals surface area (Å²) in [6, 6.07) is 14.3. The Morgan fingerprint density at radius 3 is 2.54 bits per heavy atom. The third kappa shape index (κ3) is 5.09. The average Bonchev–Trinajstić information content (AvgIpc) is 2.60. The van der Waals surface area contributed by atoms with Gasteiger partial charge in [0.15, 0.2) is 13.1 Å². The molecule has 1 saturated heterocycles. The zero-order chi connectivity index (χ0) is 18.5. The van der Waals surface area contributed by atoms with Gasteiger partial charge < -0.3 is 15.5 Å². The Labute approximate surface area is 158 Å². The predicted molar refractivity (Wildman–Crippen MR) is 104 cm³/mol. The molecule has 5 nitrogen and oxygen atoms in total. The van der Waals surface area contributed by atoms with Gasteiger partial charge in [0.05, 0.1) is 13.1 Å². The van der Waals surface area contributed by atoms with E-state index < -0.39 is 0 Å². The van der Waals surface area contributed by atoms with Crippen molar-refractivity contribution in [2.75, 3.05) is 31.5 Å². The Balaban J connectivity index is 1.54. The number of anilines is 1. The Hall–Kier alpha value is -2.31. The van der Waals surface area contributed by atoms with Crippen LogP contribution in [0.25, 0.3) is 0 Å². The number of hydrogen-bond donors (Lipinski definition) is 3. The van der Waals surface area contributed by atoms with Crippen molar-refractivity contribution in [2.24, 2.45) is 0 Å². The first-order chi connectivity index (χ1) is 12.5. The molecule has 26 heavy (non-hydrogen) atoms. The number of carbonyl (C=O) groups excluding carboxylic acids is 2. The number of aryl methyl sites for hydroxylation is 2. The van der Waals surface area contributed by atoms with E-state index in [-0.39, 0.29) is 11.8 Å². The van der Waals surface area contributed by atoms with Gasteiger partial charge in [0.25, 0.3) is 11.8 Å². The van der Waals surface area contributed by atoms with Crippen molar-refractivity contribution in [1.29, 1.82) is 0 Å². The van der Waals surface area contributed by atoms with Gasteiger partial charge in [-0.15, -0.1) is 0 Å². The van der Waals surface area contributed by atoms with E-state index in [4.69, 9.17) is 0 Å². The van der Waals surface area contributed by atoms with Crippen LogP contribution in [0.5, 0.6) is 0 Å². The van der Waals surface area contributed by atoms with Crippen molar-refractivity contribution in [3.63, 3.8) is 0 Å². The smallest absolute Gasteiger partial charge is 0.279 e. The Bertz CT molecular complexity index is 805. The van der Waals surface area contributed by atoms with Gasteiger partial charge in [0.1, 0.15) is 0 Å². The zero-order valence-electron chi connectivity index (χ0n) is 15.1. The van der Waals surface area contributed by atoms with Gasteiger partial charge in [0.2, 0.25) is 0 Å². The van der Waals surface area contributed by atoms with Gasteiger partial charge in [-0.2, -0.15) is 0 Å². The lowest BCUT2D eigenvalue weighted by Crippen LogP contribution is -3.16. The minimum absolute atomic E-state index is 0.00627. The molecule has 1 unspecified atom stereocenters. The van der Waals surface area contributed by atoms with Gasteiger partial charge in [0, 0.05) is 15.5 Å². The van der Waals surface area contributed by atoms with Gasteiger partial charge in [-0.3, -0.25) is 9.59 Å². The van der Waals surface area contributed by atoms with E-state index in [1.54, 1.807) is 11.8 Å². The van der Waals surface area contributed by atoms with Crippen LogP contribution in [0.3, 0.4) is 0 Å². The van der Waals surface area contributed by atoms with Crippen LogP contribution in [-0.2, 0) is 9.59 Å². The van der Waals surface area contributed by atoms with Gasteiger partial charge in [-0.25, -0.2) is 0 Å². The quantitative estimate of drug-likeness (QED) is 0.746. The molecule has 3 N–H and O–H groups in total. The lowest BCUT2D eigenvalue weighted by molar-refractivity contribution is -0.885. The largest absolute Gasteiger partial charge is 0.346 e. The molecular formula is C20H24N3O2S+. The van der Waals surface area contributed by atoms with Crippen molar-refractivity contribution in [3.05, 3.63) is 53.6 Å². The SMILES string of the molecule is Cc1ccc(Sc2ccc(NC(=O)C[NH+]3CCNC(=O)C3)cc2)cc1C. The second kappa shape index (κ2) is 8.38. The number of hydrogen-bond acceptors (Lipinski definition) is 3. The molecule has 0 bridgehead atoms. The van der Waals surface area contributed by atoms with Gasteiger partial charge in [-0.1, -0.05) is 17.8 Å². The predicted octanol–water partition coefficient (Wildman–Crippen LogP) is 1.41. The second-order valence-corrected chi connectivity index (χ2v) is 7.77. The number of quaternary nitrogens is 1. The van der Waals surface area contributed by atoms with Crippen molar-refractivity contribution >= 4 is 29.3 Å². The summed E-state index contributed by atoms with van der Waals surface area (Å²) in [4.78, 5) is 26.9. The fourth-order valence-corrected chi connectivity index (χ4v) is 3.78. The fourth-order valence-electron chi connectivity index (χ4n) is 2.86. The van der Waals surface area contributed by atoms with Crippen molar-refractivity contribution in [1.82, 2.24) is 5.32 Å². The van der Waals surface area contributed by atoms with E-state index >= 15 is 0 Å². The molecule has 0 saturated carbocycles. The van der Waals surface area contributed by atoms with Crippen molar-refractivity contribution < 1.29 is 14.5 Å². The van der Waals surface area contributed by atoms with Crippen LogP contribution >= 0.6 is 11.8 Å². The first-order valence-corrected chi connectivity index (χ1v) is 9.56. The van der Waals surface area contributed by atoms with Crippen LogP contribution in [0.1, 0.15) is 11.1 Å². The molecular weight excluding hydrogens is 346 g/mol. The summed E-state index contributed by atoms with van der Waals surface area (Å²) < 4.78 is 0. The molecule has 1 fully saturated rings. The number of nitrogens with one attached hydrogen (secondary N) is 3. The molecule has 2 amide bonds. The maximum atomic E-state index is 12.2. The number of piperazine rings is 1. The van der Waals surface area contributed by atoms with E-state index in [1.165, 1.54) is 16.0 Å². The van der Waals surface area contributed by atoms with Crippen LogP contribution in [0.2, 0.25) is 0 Å². The molecule has 1 atom stereocenters. The highest BCUT2D eigenvalue weighted by atomic mass is 32.2. The van der Waals surface area contributed by atoms with E-state index in [0.29, 0.717) is 19.6 Å². The number of rotatable bonds is 5. The number of amides is 2. The van der Waals surface area contributed by atoms with E-state index in [2.05, 4.69) is 42.7 Å². The third-order valence-corrected chi connectivity index (χ3v) is 5.47. The fraction of sp³-hybridized carbons (Fsp3) is 0.300. The normalized spacial score (nSPS) is 16.8. The summed E-state index contributed by atoms with van der Waals surface area (Å²) in [6.07, 6.45) is 0. The maximum Gasteiger partial charge on any atom is 0.279 e. The summed E-state index contributed by atoms with van der Waals surface area (Å²) in [6.45, 7) is 6.31. The Morgan fingerprint density at radius 2 is 1.85 bits per heavy atom. The monoisotopic (exact) mass is 370 g/mol. The molecule has 0 aromatic heterocycles. The van der Waals surface area contributed by atoms with E-state index in [0.717, 1.165) is 22.0 Å². The van der Waals surface area contributed by atoms with Crippen LogP contribution in [-0.4, -0.2) is 38.0 Å². The Morgan fingerprint density at radius 1 is 1.12 bits per heavy atom. The molecule has 2 aromatic carbocycles. The summed E-state index contributed by atoms with van der Waals surface area (Å²) in [5.41, 5.74) is 3.36. The van der Waals surface area contributed by atoms with Crippen molar-refractivity contribution in [3.8, 4) is 0 Å². The summed E-state index contributed by atoms with van der Waals surface area (Å²) in [7, 11) is 0. The lowest BCUT2D eigenvalue weighted by Gasteiger charge is -2.22. The van der Waals surface area contributed by atoms with Gasteiger partial charge >= 0.3 is 0 Å². The average molecular weight is 370 g/mol. The molecule has 0 spiro atoms. The van der Waals surface area contributed by atoms with Crippen LogP contribution in [0.4, 0.5) is 5.69 Å². The molecule has 1 aliphatic rings. The molecule has 6 heteroatoms. The second-order valence-electron chi connectivity index (χ2n) is 6.62. The van der Waals surface area contributed by atoms with E-state index in [9.17, 15) is 9.59 Å². The third-order valence-electron chi connectivity index (χ3n) is 4.47. The summed E-state index contributed by atoms with van der Waals surface area (Å²) in [5, 5.41) is 5.68. The first kappa shape index (κ1) is 18.5.